The zero-order valence-corrected chi connectivity index (χ0v) is 11.5. The molecule has 0 radical (unpaired) electrons. The summed E-state index contributed by atoms with van der Waals surface area (Å²) in [7, 11) is 0. The lowest BCUT2D eigenvalue weighted by atomic mass is 10.1. The lowest BCUT2D eigenvalue weighted by molar-refractivity contribution is 0.0615. The molecule has 0 atom stereocenters. The summed E-state index contributed by atoms with van der Waals surface area (Å²) in [6.07, 6.45) is 0.369. The fraction of sp³-hybridized carbons (Fsp3) is 0.467. The van der Waals surface area contributed by atoms with E-state index in [-0.39, 0.29) is 12.5 Å². The van der Waals surface area contributed by atoms with Gasteiger partial charge in [0.25, 0.3) is 5.91 Å². The van der Waals surface area contributed by atoms with E-state index in [9.17, 15) is 4.79 Å². The molecule has 0 aliphatic carbocycles. The standard InChI is InChI=1S/C15H19N3O2/c16-6-5-13-1-3-14(4-2-13)15(20)18-9-7-17(8-10-18)11-12-19/h1-4,19H,5,7-12H2. The molecule has 1 aliphatic rings. The van der Waals surface area contributed by atoms with E-state index in [0.29, 0.717) is 31.6 Å². The highest BCUT2D eigenvalue weighted by atomic mass is 16.3. The van der Waals surface area contributed by atoms with Gasteiger partial charge in [-0.15, -0.1) is 0 Å². The molecule has 1 fully saturated rings. The van der Waals surface area contributed by atoms with Crippen LogP contribution in [0.1, 0.15) is 15.9 Å². The van der Waals surface area contributed by atoms with E-state index in [1.165, 1.54) is 0 Å². The van der Waals surface area contributed by atoms with E-state index in [4.69, 9.17) is 10.4 Å². The minimum atomic E-state index is 0.0390. The van der Waals surface area contributed by atoms with Crippen LogP contribution in [0, 0.1) is 11.3 Å². The van der Waals surface area contributed by atoms with Gasteiger partial charge in [0.2, 0.25) is 0 Å². The van der Waals surface area contributed by atoms with Gasteiger partial charge in [-0.3, -0.25) is 9.69 Å². The second kappa shape index (κ2) is 7.04. The summed E-state index contributed by atoms with van der Waals surface area (Å²) in [4.78, 5) is 16.3. The quantitative estimate of drug-likeness (QED) is 0.867. The molecule has 0 unspecified atom stereocenters. The van der Waals surface area contributed by atoms with Crippen molar-refractivity contribution in [1.29, 1.82) is 5.26 Å². The number of carbonyl (C=O) groups excluding carboxylic acids is 1. The molecule has 1 amide bonds. The Balaban J connectivity index is 1.93. The number of benzene rings is 1. The highest BCUT2D eigenvalue weighted by Gasteiger charge is 2.21. The van der Waals surface area contributed by atoms with Gasteiger partial charge in [-0.2, -0.15) is 5.26 Å². The summed E-state index contributed by atoms with van der Waals surface area (Å²) < 4.78 is 0. The van der Waals surface area contributed by atoms with Gasteiger partial charge < -0.3 is 10.0 Å². The van der Waals surface area contributed by atoms with Crippen LogP contribution in [0.3, 0.4) is 0 Å². The molecule has 5 heteroatoms. The van der Waals surface area contributed by atoms with Gasteiger partial charge in [0.05, 0.1) is 19.1 Å². The zero-order chi connectivity index (χ0) is 14.4. The first-order valence-corrected chi connectivity index (χ1v) is 6.83. The maximum Gasteiger partial charge on any atom is 0.253 e. The molecular weight excluding hydrogens is 254 g/mol. The average molecular weight is 273 g/mol. The summed E-state index contributed by atoms with van der Waals surface area (Å²) in [6.45, 7) is 3.83. The van der Waals surface area contributed by atoms with Crippen molar-refractivity contribution < 1.29 is 9.90 Å². The molecule has 0 saturated carbocycles. The first kappa shape index (κ1) is 14.5. The normalized spacial score (nSPS) is 15.9. The van der Waals surface area contributed by atoms with Gasteiger partial charge in [-0.25, -0.2) is 0 Å². The number of nitrogens with zero attached hydrogens (tertiary/aromatic N) is 3. The molecule has 1 aromatic carbocycles. The monoisotopic (exact) mass is 273 g/mol. The first-order valence-electron chi connectivity index (χ1n) is 6.83. The third kappa shape index (κ3) is 3.56. The molecule has 1 saturated heterocycles. The summed E-state index contributed by atoms with van der Waals surface area (Å²) in [6, 6.07) is 9.33. The molecule has 106 valence electrons. The van der Waals surface area contributed by atoms with Gasteiger partial charge in [0.1, 0.15) is 0 Å². The molecule has 2 rings (SSSR count). The molecule has 1 N–H and O–H groups in total. The lowest BCUT2D eigenvalue weighted by Crippen LogP contribution is -2.49. The van der Waals surface area contributed by atoms with E-state index in [1.54, 1.807) is 12.1 Å². The molecule has 0 aromatic heterocycles. The average Bonchev–Trinajstić information content (AvgIpc) is 2.49. The van der Waals surface area contributed by atoms with Gasteiger partial charge in [0.15, 0.2) is 0 Å². The number of aliphatic hydroxyl groups excluding tert-OH is 1. The Hall–Kier alpha value is -1.90. The minimum absolute atomic E-state index is 0.0390. The molecule has 0 spiro atoms. The third-order valence-corrected chi connectivity index (χ3v) is 3.56. The highest BCUT2D eigenvalue weighted by molar-refractivity contribution is 5.94. The number of carbonyl (C=O) groups is 1. The van der Waals surface area contributed by atoms with Crippen LogP contribution in [-0.4, -0.2) is 60.1 Å². The van der Waals surface area contributed by atoms with Crippen LogP contribution in [0.15, 0.2) is 24.3 Å². The maximum atomic E-state index is 12.3. The van der Waals surface area contributed by atoms with Crippen LogP contribution in [-0.2, 0) is 6.42 Å². The Morgan fingerprint density at radius 3 is 2.40 bits per heavy atom. The fourth-order valence-corrected chi connectivity index (χ4v) is 2.36. The van der Waals surface area contributed by atoms with Crippen molar-refractivity contribution in [3.05, 3.63) is 35.4 Å². The molecule has 0 bridgehead atoms. The highest BCUT2D eigenvalue weighted by Crippen LogP contribution is 2.10. The smallest absolute Gasteiger partial charge is 0.253 e. The van der Waals surface area contributed by atoms with Crippen molar-refractivity contribution in [2.75, 3.05) is 39.3 Å². The van der Waals surface area contributed by atoms with Gasteiger partial charge in [-0.05, 0) is 17.7 Å². The second-order valence-corrected chi connectivity index (χ2v) is 4.89. The van der Waals surface area contributed by atoms with Gasteiger partial charge >= 0.3 is 0 Å². The van der Waals surface area contributed by atoms with E-state index in [0.717, 1.165) is 18.7 Å². The molecule has 1 aliphatic heterocycles. The Morgan fingerprint density at radius 2 is 1.85 bits per heavy atom. The van der Waals surface area contributed by atoms with E-state index in [2.05, 4.69) is 11.0 Å². The zero-order valence-electron chi connectivity index (χ0n) is 11.5. The van der Waals surface area contributed by atoms with Crippen LogP contribution in [0.5, 0.6) is 0 Å². The van der Waals surface area contributed by atoms with Crippen molar-refractivity contribution in [1.82, 2.24) is 9.80 Å². The largest absolute Gasteiger partial charge is 0.395 e. The van der Waals surface area contributed by atoms with Crippen molar-refractivity contribution in [3.8, 4) is 6.07 Å². The molecule has 5 nitrogen and oxygen atoms in total. The minimum Gasteiger partial charge on any atom is -0.395 e. The predicted molar refractivity (Wildman–Crippen MR) is 75.2 cm³/mol. The Morgan fingerprint density at radius 1 is 1.20 bits per heavy atom. The number of β-amino-alcohol motifs (C(OH)–C–C–N with tert-alkyl or cyclic N) is 1. The van der Waals surface area contributed by atoms with Crippen LogP contribution >= 0.6 is 0 Å². The van der Waals surface area contributed by atoms with Crippen LogP contribution in [0.2, 0.25) is 0 Å². The number of amides is 1. The Bertz CT molecular complexity index is 485. The number of aliphatic hydroxyl groups is 1. The Labute approximate surface area is 119 Å². The van der Waals surface area contributed by atoms with E-state index >= 15 is 0 Å². The SMILES string of the molecule is N#CCc1ccc(C(=O)N2CCN(CCO)CC2)cc1. The van der Waals surface area contributed by atoms with Crippen molar-refractivity contribution >= 4 is 5.91 Å². The maximum absolute atomic E-state index is 12.3. The summed E-state index contributed by atoms with van der Waals surface area (Å²) in [5, 5.41) is 17.5. The predicted octanol–water partition coefficient (Wildman–Crippen LogP) is 0.503. The summed E-state index contributed by atoms with van der Waals surface area (Å²) >= 11 is 0. The third-order valence-electron chi connectivity index (χ3n) is 3.56. The number of hydrogen-bond acceptors (Lipinski definition) is 4. The molecule has 20 heavy (non-hydrogen) atoms. The summed E-state index contributed by atoms with van der Waals surface area (Å²) in [5.74, 6) is 0.0390. The second-order valence-electron chi connectivity index (χ2n) is 4.89. The topological polar surface area (TPSA) is 67.6 Å². The number of nitriles is 1. The number of rotatable bonds is 4. The van der Waals surface area contributed by atoms with Crippen LogP contribution in [0.25, 0.3) is 0 Å². The number of hydrogen-bond donors (Lipinski definition) is 1. The van der Waals surface area contributed by atoms with E-state index in [1.807, 2.05) is 17.0 Å². The van der Waals surface area contributed by atoms with Gasteiger partial charge in [-0.1, -0.05) is 12.1 Å². The number of piperazine rings is 1. The summed E-state index contributed by atoms with van der Waals surface area (Å²) in [5.41, 5.74) is 1.60. The molecular formula is C15H19N3O2. The van der Waals surface area contributed by atoms with Crippen molar-refractivity contribution in [2.45, 2.75) is 6.42 Å². The molecule has 1 heterocycles. The van der Waals surface area contributed by atoms with Crippen molar-refractivity contribution in [2.24, 2.45) is 0 Å². The van der Waals surface area contributed by atoms with Crippen LogP contribution < -0.4 is 0 Å². The molecule has 1 aromatic rings. The van der Waals surface area contributed by atoms with Crippen molar-refractivity contribution in [3.63, 3.8) is 0 Å². The Kier molecular flexibility index (Phi) is 5.10. The van der Waals surface area contributed by atoms with Gasteiger partial charge in [0, 0.05) is 38.3 Å². The van der Waals surface area contributed by atoms with E-state index < -0.39 is 0 Å². The van der Waals surface area contributed by atoms with Crippen LogP contribution in [0.4, 0.5) is 0 Å². The fourth-order valence-electron chi connectivity index (χ4n) is 2.36. The lowest BCUT2D eigenvalue weighted by Gasteiger charge is -2.34. The first-order chi connectivity index (χ1) is 9.74.